The third-order valence-electron chi connectivity index (χ3n) is 2.70. The summed E-state index contributed by atoms with van der Waals surface area (Å²) in [6.45, 7) is 1.38. The first-order chi connectivity index (χ1) is 10.3. The minimum atomic E-state index is -4.81. The van der Waals surface area contributed by atoms with Crippen LogP contribution in [0.1, 0.15) is 12.7 Å². The summed E-state index contributed by atoms with van der Waals surface area (Å²) in [5.74, 6) is -1.14. The SMILES string of the molecule is C/C(=C\c1ccc(-c2ccccc2OC(F)(F)F)o1)C(=O)O. The Hall–Kier alpha value is -2.70. The van der Waals surface area contributed by atoms with Gasteiger partial charge in [-0.25, -0.2) is 4.79 Å². The highest BCUT2D eigenvalue weighted by molar-refractivity contribution is 5.91. The van der Waals surface area contributed by atoms with Crippen LogP contribution >= 0.6 is 0 Å². The topological polar surface area (TPSA) is 59.7 Å². The number of aliphatic carboxylic acids is 1. The molecular weight excluding hydrogens is 301 g/mol. The zero-order valence-corrected chi connectivity index (χ0v) is 11.3. The molecule has 1 heterocycles. The Morgan fingerprint density at radius 1 is 1.23 bits per heavy atom. The van der Waals surface area contributed by atoms with E-state index in [1.54, 1.807) is 6.07 Å². The second-order valence-electron chi connectivity index (χ2n) is 4.38. The van der Waals surface area contributed by atoms with Gasteiger partial charge in [-0.05, 0) is 37.3 Å². The van der Waals surface area contributed by atoms with Crippen LogP contribution in [0, 0.1) is 0 Å². The van der Waals surface area contributed by atoms with E-state index in [1.165, 1.54) is 43.3 Å². The molecule has 0 saturated carbocycles. The number of carbonyl (C=O) groups is 1. The van der Waals surface area contributed by atoms with Crippen LogP contribution < -0.4 is 4.74 Å². The number of carboxylic acids is 1. The lowest BCUT2D eigenvalue weighted by Gasteiger charge is -2.11. The number of hydrogen-bond donors (Lipinski definition) is 1. The van der Waals surface area contributed by atoms with Crippen LogP contribution in [0.5, 0.6) is 5.75 Å². The minimum absolute atomic E-state index is 0.0423. The van der Waals surface area contributed by atoms with Crippen LogP contribution in [-0.2, 0) is 4.79 Å². The second-order valence-corrected chi connectivity index (χ2v) is 4.38. The standard InChI is InChI=1S/C15H11F3O4/c1-9(14(19)20)8-10-6-7-12(21-10)11-4-2-3-5-13(11)22-15(16,17)18/h2-8H,1H3,(H,19,20)/b9-8+. The van der Waals surface area contributed by atoms with Crippen LogP contribution in [0.3, 0.4) is 0 Å². The number of benzene rings is 1. The molecule has 0 amide bonds. The van der Waals surface area contributed by atoms with E-state index >= 15 is 0 Å². The van der Waals surface area contributed by atoms with Gasteiger partial charge in [0.15, 0.2) is 0 Å². The molecule has 0 fully saturated rings. The Bertz CT molecular complexity index is 714. The zero-order valence-electron chi connectivity index (χ0n) is 11.3. The molecule has 22 heavy (non-hydrogen) atoms. The van der Waals surface area contributed by atoms with Crippen LogP contribution in [0.4, 0.5) is 13.2 Å². The van der Waals surface area contributed by atoms with Gasteiger partial charge in [-0.1, -0.05) is 12.1 Å². The molecule has 2 aromatic rings. The quantitative estimate of drug-likeness (QED) is 0.854. The first-order valence-corrected chi connectivity index (χ1v) is 6.13. The fraction of sp³-hybridized carbons (Fsp3) is 0.133. The van der Waals surface area contributed by atoms with E-state index in [4.69, 9.17) is 9.52 Å². The summed E-state index contributed by atoms with van der Waals surface area (Å²) in [6, 6.07) is 8.44. The number of carboxylic acid groups (broad SMARTS) is 1. The summed E-state index contributed by atoms with van der Waals surface area (Å²) in [4.78, 5) is 10.7. The van der Waals surface area contributed by atoms with Gasteiger partial charge in [-0.15, -0.1) is 13.2 Å². The van der Waals surface area contributed by atoms with Gasteiger partial charge in [0.1, 0.15) is 17.3 Å². The fourth-order valence-corrected chi connectivity index (χ4v) is 1.73. The van der Waals surface area contributed by atoms with E-state index in [9.17, 15) is 18.0 Å². The summed E-state index contributed by atoms with van der Waals surface area (Å²) in [5.41, 5.74) is 0.160. The molecule has 1 aromatic carbocycles. The van der Waals surface area contributed by atoms with Gasteiger partial charge < -0.3 is 14.3 Å². The maximum Gasteiger partial charge on any atom is 0.573 e. The molecule has 0 unspecified atom stereocenters. The summed E-state index contributed by atoms with van der Waals surface area (Å²) >= 11 is 0. The largest absolute Gasteiger partial charge is 0.573 e. The molecule has 0 atom stereocenters. The van der Waals surface area contributed by atoms with Crippen molar-refractivity contribution in [2.75, 3.05) is 0 Å². The number of halogens is 3. The number of furan rings is 1. The third kappa shape index (κ3) is 3.91. The molecule has 7 heteroatoms. The Kier molecular flexibility index (Phi) is 4.25. The molecule has 116 valence electrons. The number of ether oxygens (including phenoxy) is 1. The first kappa shape index (κ1) is 15.7. The third-order valence-corrected chi connectivity index (χ3v) is 2.70. The molecule has 0 aliphatic carbocycles. The number of rotatable bonds is 4. The smallest absolute Gasteiger partial charge is 0.478 e. The average molecular weight is 312 g/mol. The van der Waals surface area contributed by atoms with Gasteiger partial charge in [-0.3, -0.25) is 0 Å². The van der Waals surface area contributed by atoms with Crippen molar-refractivity contribution in [2.24, 2.45) is 0 Å². The minimum Gasteiger partial charge on any atom is -0.478 e. The van der Waals surface area contributed by atoms with Crippen molar-refractivity contribution in [1.29, 1.82) is 0 Å². The molecule has 0 saturated heterocycles. The molecule has 0 aliphatic rings. The van der Waals surface area contributed by atoms with E-state index in [1.807, 2.05) is 0 Å². The normalized spacial score (nSPS) is 12.3. The number of hydrogen-bond acceptors (Lipinski definition) is 3. The van der Waals surface area contributed by atoms with E-state index < -0.39 is 18.1 Å². The van der Waals surface area contributed by atoms with Crippen LogP contribution in [0.15, 0.2) is 46.4 Å². The molecule has 1 aromatic heterocycles. The number of para-hydroxylation sites is 1. The lowest BCUT2D eigenvalue weighted by molar-refractivity contribution is -0.274. The van der Waals surface area contributed by atoms with Crippen molar-refractivity contribution in [1.82, 2.24) is 0 Å². The van der Waals surface area contributed by atoms with E-state index in [0.717, 1.165) is 0 Å². The van der Waals surface area contributed by atoms with E-state index in [0.29, 0.717) is 0 Å². The van der Waals surface area contributed by atoms with Gasteiger partial charge in [0, 0.05) is 5.57 Å². The van der Waals surface area contributed by atoms with Gasteiger partial charge in [-0.2, -0.15) is 0 Å². The maximum absolute atomic E-state index is 12.4. The highest BCUT2D eigenvalue weighted by Gasteiger charge is 2.32. The second kappa shape index (κ2) is 5.97. The van der Waals surface area contributed by atoms with E-state index in [-0.39, 0.29) is 22.7 Å². The summed E-state index contributed by atoms with van der Waals surface area (Å²) in [7, 11) is 0. The van der Waals surface area contributed by atoms with Crippen molar-refractivity contribution in [2.45, 2.75) is 13.3 Å². The summed E-state index contributed by atoms with van der Waals surface area (Å²) < 4.78 is 46.4. The Morgan fingerprint density at radius 3 is 2.55 bits per heavy atom. The molecule has 0 spiro atoms. The lowest BCUT2D eigenvalue weighted by Crippen LogP contribution is -2.17. The molecule has 0 bridgehead atoms. The predicted molar refractivity (Wildman–Crippen MR) is 72.1 cm³/mol. The molecule has 4 nitrogen and oxygen atoms in total. The van der Waals surface area contributed by atoms with Crippen molar-refractivity contribution < 1.29 is 32.2 Å². The highest BCUT2D eigenvalue weighted by atomic mass is 19.4. The van der Waals surface area contributed by atoms with E-state index in [2.05, 4.69) is 4.74 Å². The van der Waals surface area contributed by atoms with Crippen LogP contribution in [-0.4, -0.2) is 17.4 Å². The molecular formula is C15H11F3O4. The fourth-order valence-electron chi connectivity index (χ4n) is 1.73. The average Bonchev–Trinajstić information content (AvgIpc) is 2.85. The lowest BCUT2D eigenvalue weighted by atomic mass is 10.1. The Morgan fingerprint density at radius 2 is 1.91 bits per heavy atom. The highest BCUT2D eigenvalue weighted by Crippen LogP contribution is 2.34. The summed E-state index contributed by atoms with van der Waals surface area (Å²) in [5, 5.41) is 8.78. The Balaban J connectivity index is 2.36. The van der Waals surface area contributed by atoms with Gasteiger partial charge in [0.2, 0.25) is 0 Å². The monoisotopic (exact) mass is 312 g/mol. The predicted octanol–water partition coefficient (Wildman–Crippen LogP) is 4.33. The molecule has 1 N–H and O–H groups in total. The molecule has 0 aliphatic heterocycles. The molecule has 2 rings (SSSR count). The maximum atomic E-state index is 12.4. The van der Waals surface area contributed by atoms with Crippen molar-refractivity contribution in [3.05, 3.63) is 47.7 Å². The number of alkyl halides is 3. The van der Waals surface area contributed by atoms with Gasteiger partial charge >= 0.3 is 12.3 Å². The van der Waals surface area contributed by atoms with Crippen molar-refractivity contribution >= 4 is 12.0 Å². The van der Waals surface area contributed by atoms with Crippen molar-refractivity contribution in [3.8, 4) is 17.1 Å². The first-order valence-electron chi connectivity index (χ1n) is 6.13. The Labute approximate surface area is 123 Å². The summed E-state index contributed by atoms with van der Waals surface area (Å²) in [6.07, 6.45) is -3.54. The van der Waals surface area contributed by atoms with Gasteiger partial charge in [0.05, 0.1) is 5.56 Å². The van der Waals surface area contributed by atoms with Gasteiger partial charge in [0.25, 0.3) is 0 Å². The van der Waals surface area contributed by atoms with Crippen LogP contribution in [0.2, 0.25) is 0 Å². The molecule has 0 radical (unpaired) electrons. The van der Waals surface area contributed by atoms with Crippen molar-refractivity contribution in [3.63, 3.8) is 0 Å². The zero-order chi connectivity index (χ0) is 16.3. The van der Waals surface area contributed by atoms with Crippen LogP contribution in [0.25, 0.3) is 17.4 Å².